The minimum absolute atomic E-state index is 0.0518. The molecule has 0 saturated carbocycles. The maximum atomic E-state index is 12.4. The number of hydrogen-bond acceptors (Lipinski definition) is 6. The van der Waals surface area contributed by atoms with Crippen molar-refractivity contribution in [3.8, 4) is 0 Å². The summed E-state index contributed by atoms with van der Waals surface area (Å²) in [6.07, 6.45) is 1.69. The highest BCUT2D eigenvalue weighted by Gasteiger charge is 2.16. The Labute approximate surface area is 151 Å². The SMILES string of the molecule is CC(C)n1cnnc1SCC(=O)Nc1ccccc1N1CCOCC1. The van der Waals surface area contributed by atoms with E-state index in [0.717, 1.165) is 29.6 Å². The zero-order chi connectivity index (χ0) is 17.6. The van der Waals surface area contributed by atoms with Crippen LogP contribution in [0.4, 0.5) is 11.4 Å². The lowest BCUT2D eigenvalue weighted by Gasteiger charge is -2.30. The second kappa shape index (κ2) is 8.35. The smallest absolute Gasteiger partial charge is 0.234 e. The molecule has 3 rings (SSSR count). The molecule has 1 fully saturated rings. The average molecular weight is 361 g/mol. The van der Waals surface area contributed by atoms with Gasteiger partial charge >= 0.3 is 0 Å². The van der Waals surface area contributed by atoms with Crippen molar-refractivity contribution in [3.63, 3.8) is 0 Å². The molecule has 1 saturated heterocycles. The van der Waals surface area contributed by atoms with Gasteiger partial charge in [0.1, 0.15) is 6.33 Å². The number of carbonyl (C=O) groups excluding carboxylic acids is 1. The summed E-state index contributed by atoms with van der Waals surface area (Å²) in [6.45, 7) is 7.21. The third-order valence-electron chi connectivity index (χ3n) is 3.96. The van der Waals surface area contributed by atoms with Gasteiger partial charge in [-0.15, -0.1) is 10.2 Å². The van der Waals surface area contributed by atoms with E-state index in [1.54, 1.807) is 6.33 Å². The maximum absolute atomic E-state index is 12.4. The molecular formula is C17H23N5O2S. The largest absolute Gasteiger partial charge is 0.378 e. The molecule has 2 heterocycles. The van der Waals surface area contributed by atoms with Crippen LogP contribution in [-0.4, -0.2) is 52.7 Å². The molecule has 0 unspecified atom stereocenters. The highest BCUT2D eigenvalue weighted by molar-refractivity contribution is 7.99. The lowest BCUT2D eigenvalue weighted by molar-refractivity contribution is -0.113. The molecule has 0 bridgehead atoms. The molecule has 0 aliphatic carbocycles. The van der Waals surface area contributed by atoms with Crippen molar-refractivity contribution in [1.82, 2.24) is 14.8 Å². The number of hydrogen-bond donors (Lipinski definition) is 1. The summed E-state index contributed by atoms with van der Waals surface area (Å²) in [6, 6.07) is 8.15. The number of nitrogens with zero attached hydrogens (tertiary/aromatic N) is 4. The van der Waals surface area contributed by atoms with Gasteiger partial charge in [-0.2, -0.15) is 0 Å². The summed E-state index contributed by atoms with van der Waals surface area (Å²) in [4.78, 5) is 14.6. The molecular weight excluding hydrogens is 338 g/mol. The molecule has 1 aliphatic heterocycles. The molecule has 1 amide bonds. The van der Waals surface area contributed by atoms with Gasteiger partial charge in [0.25, 0.3) is 0 Å². The van der Waals surface area contributed by atoms with Crippen LogP contribution in [0.1, 0.15) is 19.9 Å². The van der Waals surface area contributed by atoms with Crippen LogP contribution in [0.3, 0.4) is 0 Å². The molecule has 25 heavy (non-hydrogen) atoms. The fourth-order valence-corrected chi connectivity index (χ4v) is 3.51. The normalized spacial score (nSPS) is 14.8. The van der Waals surface area contributed by atoms with Gasteiger partial charge in [-0.05, 0) is 26.0 Å². The van der Waals surface area contributed by atoms with Crippen LogP contribution in [0.5, 0.6) is 0 Å². The second-order valence-electron chi connectivity index (χ2n) is 6.07. The number of aromatic nitrogens is 3. The molecule has 1 aromatic carbocycles. The van der Waals surface area contributed by atoms with Crippen molar-refractivity contribution in [1.29, 1.82) is 0 Å². The highest BCUT2D eigenvalue weighted by Crippen LogP contribution is 2.27. The standard InChI is InChI=1S/C17H23N5O2S/c1-13(2)22-12-18-20-17(22)25-11-16(23)19-14-5-3-4-6-15(14)21-7-9-24-10-8-21/h3-6,12-13H,7-11H2,1-2H3,(H,19,23). The molecule has 1 aliphatic rings. The van der Waals surface area contributed by atoms with Crippen molar-refractivity contribution in [2.24, 2.45) is 0 Å². The predicted molar refractivity (Wildman–Crippen MR) is 99.2 cm³/mol. The Balaban J connectivity index is 1.62. The van der Waals surface area contributed by atoms with Crippen LogP contribution in [0.15, 0.2) is 35.7 Å². The van der Waals surface area contributed by atoms with Crippen LogP contribution < -0.4 is 10.2 Å². The van der Waals surface area contributed by atoms with E-state index in [1.165, 1.54) is 11.8 Å². The zero-order valence-corrected chi connectivity index (χ0v) is 15.3. The molecule has 2 aromatic rings. The molecule has 1 aromatic heterocycles. The van der Waals surface area contributed by atoms with Crippen molar-refractivity contribution in [2.75, 3.05) is 42.3 Å². The van der Waals surface area contributed by atoms with Gasteiger partial charge in [0.15, 0.2) is 5.16 Å². The summed E-state index contributed by atoms with van der Waals surface area (Å²) in [5, 5.41) is 11.8. The summed E-state index contributed by atoms with van der Waals surface area (Å²) in [7, 11) is 0. The second-order valence-corrected chi connectivity index (χ2v) is 7.01. The number of morpholine rings is 1. The van der Waals surface area contributed by atoms with E-state index in [4.69, 9.17) is 4.74 Å². The van der Waals surface area contributed by atoms with Crippen molar-refractivity contribution in [3.05, 3.63) is 30.6 Å². The van der Waals surface area contributed by atoms with E-state index in [-0.39, 0.29) is 11.9 Å². The summed E-state index contributed by atoms with van der Waals surface area (Å²) >= 11 is 1.39. The maximum Gasteiger partial charge on any atom is 0.234 e. The Morgan fingerprint density at radius 3 is 2.84 bits per heavy atom. The topological polar surface area (TPSA) is 72.3 Å². The molecule has 0 radical (unpaired) electrons. The van der Waals surface area contributed by atoms with E-state index in [9.17, 15) is 4.79 Å². The van der Waals surface area contributed by atoms with E-state index in [0.29, 0.717) is 19.0 Å². The molecule has 1 N–H and O–H groups in total. The van der Waals surface area contributed by atoms with Gasteiger partial charge in [-0.1, -0.05) is 23.9 Å². The summed E-state index contributed by atoms with van der Waals surface area (Å²) in [5.41, 5.74) is 1.87. The Kier molecular flexibility index (Phi) is 5.93. The first kappa shape index (κ1) is 17.8. The van der Waals surface area contributed by atoms with E-state index >= 15 is 0 Å². The van der Waals surface area contributed by atoms with Gasteiger partial charge in [0, 0.05) is 19.1 Å². The fraction of sp³-hybridized carbons (Fsp3) is 0.471. The number of anilines is 2. The number of thioether (sulfide) groups is 1. The summed E-state index contributed by atoms with van der Waals surface area (Å²) < 4.78 is 7.36. The van der Waals surface area contributed by atoms with E-state index < -0.39 is 0 Å². The van der Waals surface area contributed by atoms with Gasteiger partial charge in [-0.3, -0.25) is 4.79 Å². The number of nitrogens with one attached hydrogen (secondary N) is 1. The van der Waals surface area contributed by atoms with Crippen LogP contribution in [0.2, 0.25) is 0 Å². The average Bonchev–Trinajstić information content (AvgIpc) is 3.10. The molecule has 134 valence electrons. The first-order valence-corrected chi connectivity index (χ1v) is 9.37. The minimum atomic E-state index is -0.0518. The Bertz CT molecular complexity index is 713. The molecule has 0 spiro atoms. The number of ether oxygens (including phenoxy) is 1. The van der Waals surface area contributed by atoms with Crippen LogP contribution >= 0.6 is 11.8 Å². The first-order valence-electron chi connectivity index (χ1n) is 8.39. The van der Waals surface area contributed by atoms with E-state index in [1.807, 2.05) is 28.8 Å². The van der Waals surface area contributed by atoms with Crippen molar-refractivity contribution >= 4 is 29.0 Å². The lowest BCUT2D eigenvalue weighted by Crippen LogP contribution is -2.36. The summed E-state index contributed by atoms with van der Waals surface area (Å²) in [5.74, 6) is 0.243. The zero-order valence-electron chi connectivity index (χ0n) is 14.5. The quantitative estimate of drug-likeness (QED) is 0.797. The predicted octanol–water partition coefficient (Wildman–Crippen LogP) is 2.43. The monoisotopic (exact) mass is 361 g/mol. The Hall–Kier alpha value is -2.06. The van der Waals surface area contributed by atoms with Crippen LogP contribution in [0, 0.1) is 0 Å². The number of rotatable bonds is 6. The van der Waals surface area contributed by atoms with Crippen LogP contribution in [0.25, 0.3) is 0 Å². The Morgan fingerprint density at radius 1 is 1.32 bits per heavy atom. The van der Waals surface area contributed by atoms with Gasteiger partial charge in [0.2, 0.25) is 5.91 Å². The van der Waals surface area contributed by atoms with E-state index in [2.05, 4.69) is 34.3 Å². The molecule has 0 atom stereocenters. The fourth-order valence-electron chi connectivity index (χ4n) is 2.67. The molecule has 8 heteroatoms. The van der Waals surface area contributed by atoms with Gasteiger partial charge in [-0.25, -0.2) is 0 Å². The molecule has 7 nitrogen and oxygen atoms in total. The highest BCUT2D eigenvalue weighted by atomic mass is 32.2. The number of benzene rings is 1. The lowest BCUT2D eigenvalue weighted by atomic mass is 10.2. The Morgan fingerprint density at radius 2 is 2.08 bits per heavy atom. The van der Waals surface area contributed by atoms with Crippen molar-refractivity contribution < 1.29 is 9.53 Å². The minimum Gasteiger partial charge on any atom is -0.378 e. The number of carbonyl (C=O) groups is 1. The van der Waals surface area contributed by atoms with Gasteiger partial charge < -0.3 is 19.5 Å². The van der Waals surface area contributed by atoms with Crippen molar-refractivity contribution in [2.45, 2.75) is 25.0 Å². The number of amides is 1. The third-order valence-corrected chi connectivity index (χ3v) is 4.92. The first-order chi connectivity index (χ1) is 12.1. The number of para-hydroxylation sites is 2. The van der Waals surface area contributed by atoms with Crippen LogP contribution in [-0.2, 0) is 9.53 Å². The van der Waals surface area contributed by atoms with Gasteiger partial charge in [0.05, 0.1) is 30.3 Å². The third kappa shape index (κ3) is 4.52.